The Morgan fingerprint density at radius 3 is 2.42 bits per heavy atom. The smallest absolute Gasteiger partial charge is 0.333 e. The maximum absolute atomic E-state index is 13.6. The van der Waals surface area contributed by atoms with Crippen LogP contribution in [0.3, 0.4) is 0 Å². The van der Waals surface area contributed by atoms with E-state index in [1.165, 1.54) is 4.90 Å². The molecule has 0 saturated heterocycles. The lowest BCUT2D eigenvalue weighted by Crippen LogP contribution is -2.39. The molecule has 0 fully saturated rings. The average Bonchev–Trinajstić information content (AvgIpc) is 3.00. The highest BCUT2D eigenvalue weighted by Crippen LogP contribution is 2.29. The van der Waals surface area contributed by atoms with Crippen LogP contribution in [0.4, 0.5) is 26.3 Å². The van der Waals surface area contributed by atoms with Crippen LogP contribution >= 0.6 is 0 Å². The van der Waals surface area contributed by atoms with Crippen molar-refractivity contribution < 1.29 is 31.1 Å². The molecule has 0 aliphatic carbocycles. The first-order chi connectivity index (χ1) is 12.2. The number of fused-ring (bicyclic) bond motifs is 1. The van der Waals surface area contributed by atoms with E-state index in [9.17, 15) is 31.1 Å². The highest BCUT2D eigenvalue weighted by molar-refractivity contribution is 5.76. The number of rotatable bonds is 3. The van der Waals surface area contributed by atoms with Crippen molar-refractivity contribution in [3.05, 3.63) is 46.8 Å². The number of aryl methyl sites for hydroxylation is 1. The Kier molecular flexibility index (Phi) is 4.63. The topological polar surface area (TPSA) is 51.0 Å². The zero-order chi connectivity index (χ0) is 19.1. The van der Waals surface area contributed by atoms with Gasteiger partial charge in [0.05, 0.1) is 6.54 Å². The Hall–Kier alpha value is -2.59. The molecule has 0 bridgehead atoms. The minimum atomic E-state index is -4.64. The van der Waals surface area contributed by atoms with Crippen LogP contribution in [0, 0.1) is 17.5 Å². The number of alkyl halides is 3. The van der Waals surface area contributed by atoms with E-state index in [0.717, 1.165) is 4.57 Å². The number of aromatic nitrogens is 3. The second kappa shape index (κ2) is 6.61. The van der Waals surface area contributed by atoms with Crippen molar-refractivity contribution in [2.45, 2.75) is 32.1 Å². The average molecular weight is 378 g/mol. The quantitative estimate of drug-likeness (QED) is 0.610. The number of nitrogens with zero attached hydrogens (tertiary/aromatic N) is 4. The highest BCUT2D eigenvalue weighted by atomic mass is 19.4. The third kappa shape index (κ3) is 3.51. The summed E-state index contributed by atoms with van der Waals surface area (Å²) in [6.45, 7) is -0.280. The normalized spacial score (nSPS) is 14.5. The Balaban J connectivity index is 1.65. The van der Waals surface area contributed by atoms with Crippen LogP contribution in [0.25, 0.3) is 0 Å². The molecule has 2 aromatic rings. The molecule has 26 heavy (non-hydrogen) atoms. The fraction of sp³-hybridized carbons (Fsp3) is 0.400. The van der Waals surface area contributed by atoms with Gasteiger partial charge in [0.2, 0.25) is 11.7 Å². The van der Waals surface area contributed by atoms with Gasteiger partial charge < -0.3 is 9.47 Å². The molecule has 1 aromatic carbocycles. The summed E-state index contributed by atoms with van der Waals surface area (Å²) in [6.07, 6.45) is -5.01. The number of hydrogen-bond donors (Lipinski definition) is 0. The van der Waals surface area contributed by atoms with Gasteiger partial charge in [0, 0.05) is 25.6 Å². The number of carbonyl (C=O) groups excluding carboxylic acids is 1. The molecule has 0 spiro atoms. The molecule has 0 unspecified atom stereocenters. The molecular weight excluding hydrogens is 366 g/mol. The number of benzene rings is 1. The Morgan fingerprint density at radius 2 is 1.73 bits per heavy atom. The van der Waals surface area contributed by atoms with Gasteiger partial charge in [-0.3, -0.25) is 4.79 Å². The summed E-state index contributed by atoms with van der Waals surface area (Å²) in [7, 11) is 0. The van der Waals surface area contributed by atoms with E-state index >= 15 is 0 Å². The van der Waals surface area contributed by atoms with E-state index < -0.39 is 35.4 Å². The zero-order valence-corrected chi connectivity index (χ0v) is 13.2. The van der Waals surface area contributed by atoms with Crippen molar-refractivity contribution in [1.82, 2.24) is 19.7 Å². The van der Waals surface area contributed by atoms with E-state index in [-0.39, 0.29) is 43.9 Å². The Labute approximate surface area is 143 Å². The summed E-state index contributed by atoms with van der Waals surface area (Å²) in [4.78, 5) is 13.5. The Bertz CT molecular complexity index is 847. The molecule has 3 rings (SSSR count). The molecule has 1 aromatic heterocycles. The van der Waals surface area contributed by atoms with Gasteiger partial charge in [-0.2, -0.15) is 13.2 Å². The molecule has 0 saturated carbocycles. The molecule has 0 atom stereocenters. The lowest BCUT2D eigenvalue weighted by molar-refractivity contribution is -0.148. The Morgan fingerprint density at radius 1 is 1.04 bits per heavy atom. The van der Waals surface area contributed by atoms with Crippen LogP contribution in [0.15, 0.2) is 12.1 Å². The van der Waals surface area contributed by atoms with Gasteiger partial charge in [-0.05, 0) is 18.1 Å². The van der Waals surface area contributed by atoms with E-state index in [2.05, 4.69) is 10.2 Å². The van der Waals surface area contributed by atoms with Crippen molar-refractivity contribution in [3.8, 4) is 0 Å². The minimum Gasteiger partial charge on any atom is -0.333 e. The van der Waals surface area contributed by atoms with Gasteiger partial charge in [0.25, 0.3) is 0 Å². The minimum absolute atomic E-state index is 0.00377. The standard InChI is InChI=1S/C15H12F6N4O/c16-9-6-11(18)10(17)5-8(9)1-2-13(26)24-3-4-25-12(7-24)22-23-14(25)15(19,20)21/h5-6H,1-4,7H2. The molecule has 0 N–H and O–H groups in total. The van der Waals surface area contributed by atoms with Crippen molar-refractivity contribution in [2.75, 3.05) is 6.54 Å². The van der Waals surface area contributed by atoms with Gasteiger partial charge in [-0.15, -0.1) is 10.2 Å². The number of halogens is 6. The second-order valence-corrected chi connectivity index (χ2v) is 5.76. The molecule has 0 radical (unpaired) electrons. The van der Waals surface area contributed by atoms with Crippen LogP contribution in [0.2, 0.25) is 0 Å². The molecule has 1 aliphatic rings. The summed E-state index contributed by atoms with van der Waals surface area (Å²) in [5.74, 6) is -5.10. The summed E-state index contributed by atoms with van der Waals surface area (Å²) in [5.41, 5.74) is -0.156. The zero-order valence-electron chi connectivity index (χ0n) is 13.2. The predicted molar refractivity (Wildman–Crippen MR) is 75.1 cm³/mol. The van der Waals surface area contributed by atoms with Gasteiger partial charge in [0.15, 0.2) is 17.5 Å². The summed E-state index contributed by atoms with van der Waals surface area (Å²) in [5, 5.41) is 6.57. The van der Waals surface area contributed by atoms with Crippen molar-refractivity contribution >= 4 is 5.91 Å². The second-order valence-electron chi connectivity index (χ2n) is 5.76. The number of hydrogen-bond acceptors (Lipinski definition) is 3. The maximum atomic E-state index is 13.6. The van der Waals surface area contributed by atoms with E-state index in [1.54, 1.807) is 0 Å². The lowest BCUT2D eigenvalue weighted by Gasteiger charge is -2.28. The SMILES string of the molecule is O=C(CCc1cc(F)c(F)cc1F)N1CCn2c(nnc2C(F)(F)F)C1. The first-order valence-corrected chi connectivity index (χ1v) is 7.57. The third-order valence-corrected chi connectivity index (χ3v) is 4.06. The fourth-order valence-electron chi connectivity index (χ4n) is 2.74. The number of carbonyl (C=O) groups is 1. The van der Waals surface area contributed by atoms with Crippen molar-refractivity contribution in [2.24, 2.45) is 0 Å². The van der Waals surface area contributed by atoms with Crippen LogP contribution in [-0.4, -0.2) is 32.1 Å². The van der Waals surface area contributed by atoms with Gasteiger partial charge in [-0.1, -0.05) is 0 Å². The molecule has 5 nitrogen and oxygen atoms in total. The summed E-state index contributed by atoms with van der Waals surface area (Å²) >= 11 is 0. The van der Waals surface area contributed by atoms with E-state index in [4.69, 9.17) is 0 Å². The maximum Gasteiger partial charge on any atom is 0.451 e. The first kappa shape index (κ1) is 18.2. The van der Waals surface area contributed by atoms with E-state index in [0.29, 0.717) is 12.1 Å². The monoisotopic (exact) mass is 378 g/mol. The van der Waals surface area contributed by atoms with Crippen molar-refractivity contribution in [1.29, 1.82) is 0 Å². The molecule has 1 amide bonds. The summed E-state index contributed by atoms with van der Waals surface area (Å²) < 4.78 is 78.8. The van der Waals surface area contributed by atoms with Crippen LogP contribution in [0.5, 0.6) is 0 Å². The molecule has 11 heteroatoms. The largest absolute Gasteiger partial charge is 0.451 e. The van der Waals surface area contributed by atoms with Crippen LogP contribution in [-0.2, 0) is 30.5 Å². The van der Waals surface area contributed by atoms with Crippen LogP contribution < -0.4 is 0 Å². The summed E-state index contributed by atoms with van der Waals surface area (Å²) in [6, 6.07) is 1.08. The molecular formula is C15H12F6N4O. The number of amides is 1. The fourth-order valence-corrected chi connectivity index (χ4v) is 2.74. The van der Waals surface area contributed by atoms with Gasteiger partial charge in [-0.25, -0.2) is 13.2 Å². The van der Waals surface area contributed by atoms with E-state index in [1.807, 2.05) is 0 Å². The first-order valence-electron chi connectivity index (χ1n) is 7.57. The third-order valence-electron chi connectivity index (χ3n) is 4.06. The lowest BCUT2D eigenvalue weighted by atomic mass is 10.1. The highest BCUT2D eigenvalue weighted by Gasteiger charge is 2.39. The van der Waals surface area contributed by atoms with Crippen molar-refractivity contribution in [3.63, 3.8) is 0 Å². The van der Waals surface area contributed by atoms with Crippen LogP contribution in [0.1, 0.15) is 23.6 Å². The molecule has 140 valence electrons. The molecule has 2 heterocycles. The molecule has 1 aliphatic heterocycles. The predicted octanol–water partition coefficient (Wildman–Crippen LogP) is 2.69. The van der Waals surface area contributed by atoms with Gasteiger partial charge in [0.1, 0.15) is 5.82 Å². The van der Waals surface area contributed by atoms with Gasteiger partial charge >= 0.3 is 6.18 Å².